The Labute approximate surface area is 220 Å². The van der Waals surface area contributed by atoms with Gasteiger partial charge in [0.15, 0.2) is 5.82 Å². The van der Waals surface area contributed by atoms with Gasteiger partial charge in [0, 0.05) is 53.5 Å². The van der Waals surface area contributed by atoms with Crippen molar-refractivity contribution in [3.8, 4) is 0 Å². The maximum absolute atomic E-state index is 15.5. The summed E-state index contributed by atoms with van der Waals surface area (Å²) in [7, 11) is 1.84. The maximum Gasteiger partial charge on any atom is 0.200 e. The van der Waals surface area contributed by atoms with Gasteiger partial charge in [-0.3, -0.25) is 4.79 Å². The lowest BCUT2D eigenvalue weighted by Gasteiger charge is -2.29. The molecular formula is C28H20F3N5OS. The number of carbonyl (C=O) groups is 1. The van der Waals surface area contributed by atoms with Crippen molar-refractivity contribution < 1.29 is 18.0 Å². The van der Waals surface area contributed by atoms with Crippen LogP contribution in [0.1, 0.15) is 16.1 Å². The maximum atomic E-state index is 15.5. The van der Waals surface area contributed by atoms with Crippen LogP contribution in [0.15, 0.2) is 102 Å². The van der Waals surface area contributed by atoms with E-state index in [1.165, 1.54) is 30.5 Å². The number of fused-ring (bicyclic) bond motifs is 2. The second-order valence-electron chi connectivity index (χ2n) is 8.84. The van der Waals surface area contributed by atoms with Gasteiger partial charge in [-0.15, -0.1) is 0 Å². The number of aromatic nitrogens is 2. The van der Waals surface area contributed by atoms with E-state index in [9.17, 15) is 13.6 Å². The van der Waals surface area contributed by atoms with E-state index in [4.69, 9.17) is 0 Å². The minimum atomic E-state index is -1.02. The highest BCUT2D eigenvalue weighted by atomic mass is 32.2. The molecule has 0 radical (unpaired) electrons. The number of anilines is 1. The lowest BCUT2D eigenvalue weighted by Crippen LogP contribution is -2.38. The Bertz CT molecular complexity index is 1660. The zero-order valence-corrected chi connectivity index (χ0v) is 20.8. The molecule has 6 nitrogen and oxygen atoms in total. The first-order valence-electron chi connectivity index (χ1n) is 11.7. The number of Topliss-reactive ketones (excluding diaryl/α,β-unsaturated/α-hetero) is 1. The minimum absolute atomic E-state index is 0.0906. The van der Waals surface area contributed by atoms with E-state index < -0.39 is 28.8 Å². The highest BCUT2D eigenvalue weighted by Gasteiger charge is 2.35. The van der Waals surface area contributed by atoms with Gasteiger partial charge in [0.25, 0.3) is 0 Å². The molecule has 0 fully saturated rings. The van der Waals surface area contributed by atoms with Gasteiger partial charge in [-0.25, -0.2) is 18.2 Å². The molecule has 1 unspecified atom stereocenters. The molecule has 6 rings (SSSR count). The summed E-state index contributed by atoms with van der Waals surface area (Å²) < 4.78 is 48.5. The van der Waals surface area contributed by atoms with Crippen LogP contribution in [0.3, 0.4) is 0 Å². The number of nitrogens with one attached hydrogen (secondary N) is 2. The molecule has 0 amide bonds. The van der Waals surface area contributed by atoms with Crippen molar-refractivity contribution in [3.05, 3.63) is 125 Å². The van der Waals surface area contributed by atoms with Gasteiger partial charge >= 0.3 is 0 Å². The van der Waals surface area contributed by atoms with Gasteiger partial charge in [0.2, 0.25) is 5.78 Å². The van der Waals surface area contributed by atoms with Gasteiger partial charge in [-0.05, 0) is 60.5 Å². The SMILES string of the molecule is CN1C=C(c2cn3ccccc3n2)C=C2C(C(=O)c3c(F)ccc(NSc4cccc(F)c4)c3F)=CNC21. The number of benzene rings is 2. The molecule has 2 N–H and O–H groups in total. The molecule has 2 aliphatic heterocycles. The van der Waals surface area contributed by atoms with E-state index in [0.29, 0.717) is 16.2 Å². The average molecular weight is 532 g/mol. The molecule has 0 saturated carbocycles. The molecule has 0 saturated heterocycles. The van der Waals surface area contributed by atoms with Crippen molar-refractivity contribution in [2.45, 2.75) is 11.1 Å². The summed E-state index contributed by atoms with van der Waals surface area (Å²) in [6.45, 7) is 0. The zero-order valence-electron chi connectivity index (χ0n) is 20.0. The Kier molecular flexibility index (Phi) is 5.96. The van der Waals surface area contributed by atoms with Crippen LogP contribution in [-0.4, -0.2) is 33.3 Å². The van der Waals surface area contributed by atoms with E-state index >= 15 is 4.39 Å². The van der Waals surface area contributed by atoms with Crippen LogP contribution >= 0.6 is 11.9 Å². The second kappa shape index (κ2) is 9.46. The second-order valence-corrected chi connectivity index (χ2v) is 9.72. The Morgan fingerprint density at radius 2 is 1.97 bits per heavy atom. The quantitative estimate of drug-likeness (QED) is 0.243. The third kappa shape index (κ3) is 4.22. The normalized spacial score (nSPS) is 16.5. The largest absolute Gasteiger partial charge is 0.367 e. The van der Waals surface area contributed by atoms with Crippen LogP contribution < -0.4 is 10.0 Å². The number of hydrogen-bond donors (Lipinski definition) is 2. The lowest BCUT2D eigenvalue weighted by molar-refractivity contribution is 0.102. The molecule has 10 heteroatoms. The standard InChI is InChI=1S/C28H20F3N5OS/c1-35-14-16(23-15-36-10-3-2-7-24(36)33-23)11-19-20(13-32-28(19)35)27(37)25-21(30)8-9-22(26(25)31)34-38-18-6-4-5-17(29)12-18/h2-15,28,32,34H,1H3. The number of hydrogen-bond acceptors (Lipinski definition) is 6. The van der Waals surface area contributed by atoms with E-state index in [0.717, 1.165) is 29.2 Å². The summed E-state index contributed by atoms with van der Waals surface area (Å²) >= 11 is 0.953. The third-order valence-electron chi connectivity index (χ3n) is 6.35. The molecule has 38 heavy (non-hydrogen) atoms. The fourth-order valence-electron chi connectivity index (χ4n) is 4.50. The number of carbonyl (C=O) groups excluding carboxylic acids is 1. The van der Waals surface area contributed by atoms with Crippen LogP contribution in [0.2, 0.25) is 0 Å². The number of ketones is 1. The van der Waals surface area contributed by atoms with Gasteiger partial charge in [0.05, 0.1) is 16.9 Å². The number of allylic oxidation sites excluding steroid dienone is 2. The van der Waals surface area contributed by atoms with Crippen molar-refractivity contribution in [2.24, 2.45) is 0 Å². The fraction of sp³-hybridized carbons (Fsp3) is 0.0714. The highest BCUT2D eigenvalue weighted by molar-refractivity contribution is 8.00. The highest BCUT2D eigenvalue weighted by Crippen LogP contribution is 2.35. The summed E-state index contributed by atoms with van der Waals surface area (Å²) in [6.07, 6.45) is 8.60. The average Bonchev–Trinajstić information content (AvgIpc) is 3.53. The first-order chi connectivity index (χ1) is 18.4. The van der Waals surface area contributed by atoms with Gasteiger partial charge in [-0.1, -0.05) is 12.1 Å². The molecule has 2 aromatic heterocycles. The predicted molar refractivity (Wildman–Crippen MR) is 141 cm³/mol. The molecule has 190 valence electrons. The van der Waals surface area contributed by atoms with Crippen LogP contribution in [0, 0.1) is 17.5 Å². The van der Waals surface area contributed by atoms with Crippen molar-refractivity contribution in [1.29, 1.82) is 0 Å². The van der Waals surface area contributed by atoms with Gasteiger partial charge < -0.3 is 19.3 Å². The van der Waals surface area contributed by atoms with Gasteiger partial charge in [0.1, 0.15) is 23.4 Å². The molecule has 0 spiro atoms. The summed E-state index contributed by atoms with van der Waals surface area (Å²) in [5, 5.41) is 3.12. The predicted octanol–water partition coefficient (Wildman–Crippen LogP) is 5.78. The number of likely N-dealkylation sites (N-methyl/N-ethyl adjacent to an activating group) is 1. The van der Waals surface area contributed by atoms with Crippen LogP contribution in [0.25, 0.3) is 11.2 Å². The molecule has 2 aliphatic rings. The number of nitrogens with zero attached hydrogens (tertiary/aromatic N) is 3. The van der Waals surface area contributed by atoms with Crippen molar-refractivity contribution >= 4 is 34.6 Å². The number of halogens is 3. The van der Waals surface area contributed by atoms with E-state index in [1.54, 1.807) is 6.07 Å². The summed E-state index contributed by atoms with van der Waals surface area (Å²) in [4.78, 5) is 20.6. The van der Waals surface area contributed by atoms with E-state index in [-0.39, 0.29) is 17.4 Å². The smallest absolute Gasteiger partial charge is 0.200 e. The monoisotopic (exact) mass is 531 g/mol. The Morgan fingerprint density at radius 3 is 2.79 bits per heavy atom. The lowest BCUT2D eigenvalue weighted by atomic mass is 9.93. The molecule has 0 bridgehead atoms. The van der Waals surface area contributed by atoms with Crippen LogP contribution in [0.5, 0.6) is 0 Å². The van der Waals surface area contributed by atoms with Crippen molar-refractivity contribution in [3.63, 3.8) is 0 Å². The Hall–Kier alpha value is -4.44. The molecule has 4 heterocycles. The Morgan fingerprint density at radius 1 is 1.11 bits per heavy atom. The van der Waals surface area contributed by atoms with Crippen molar-refractivity contribution in [1.82, 2.24) is 19.6 Å². The molecule has 0 aliphatic carbocycles. The number of imidazole rings is 1. The molecular weight excluding hydrogens is 511 g/mol. The molecule has 4 aromatic rings. The summed E-state index contributed by atoms with van der Waals surface area (Å²) in [6, 6.07) is 13.7. The minimum Gasteiger partial charge on any atom is -0.367 e. The van der Waals surface area contributed by atoms with Crippen LogP contribution in [-0.2, 0) is 0 Å². The third-order valence-corrected chi connectivity index (χ3v) is 7.16. The van der Waals surface area contributed by atoms with E-state index in [2.05, 4.69) is 15.0 Å². The van der Waals surface area contributed by atoms with Gasteiger partial charge in [-0.2, -0.15) is 0 Å². The zero-order chi connectivity index (χ0) is 26.4. The molecule has 1 atom stereocenters. The summed E-state index contributed by atoms with van der Waals surface area (Å²) in [5.41, 5.74) is 2.20. The van der Waals surface area contributed by atoms with E-state index in [1.807, 2.05) is 59.2 Å². The number of rotatable bonds is 6. The first-order valence-corrected chi connectivity index (χ1v) is 12.5. The molecule has 2 aromatic carbocycles. The van der Waals surface area contributed by atoms with Crippen LogP contribution in [0.4, 0.5) is 18.9 Å². The topological polar surface area (TPSA) is 61.7 Å². The first kappa shape index (κ1) is 23.9. The van der Waals surface area contributed by atoms with Crippen molar-refractivity contribution in [2.75, 3.05) is 11.8 Å². The number of pyridine rings is 1. The fourth-order valence-corrected chi connectivity index (χ4v) is 5.21. The summed E-state index contributed by atoms with van der Waals surface area (Å²) in [5.74, 6) is -3.22. The Balaban J connectivity index is 1.31.